The van der Waals surface area contributed by atoms with Crippen molar-refractivity contribution in [2.45, 2.75) is 76.8 Å². The first-order valence-corrected chi connectivity index (χ1v) is 7.94. The minimum Gasteiger partial charge on any atom is -0.319 e. The minimum absolute atomic E-state index is 0.221. The predicted molar refractivity (Wildman–Crippen MR) is 75.7 cm³/mol. The van der Waals surface area contributed by atoms with Gasteiger partial charge in [-0.2, -0.15) is 0 Å². The average Bonchev–Trinajstić information content (AvgIpc) is 2.70. The molecule has 0 saturated heterocycles. The second-order valence-electron chi connectivity index (χ2n) is 6.41. The molecule has 106 valence electrons. The zero-order valence-electron chi connectivity index (χ0n) is 12.1. The summed E-state index contributed by atoms with van der Waals surface area (Å²) >= 11 is 0. The fraction of sp³-hybridized carbons (Fsp3) is 0.867. The van der Waals surface area contributed by atoms with Gasteiger partial charge in [0.15, 0.2) is 5.82 Å². The third-order valence-corrected chi connectivity index (χ3v) is 5.13. The molecule has 0 unspecified atom stereocenters. The van der Waals surface area contributed by atoms with Gasteiger partial charge in [-0.1, -0.05) is 19.8 Å². The molecule has 4 heteroatoms. The highest BCUT2D eigenvalue weighted by atomic mass is 15.3. The number of hydrogen-bond donors (Lipinski definition) is 1. The molecule has 19 heavy (non-hydrogen) atoms. The van der Waals surface area contributed by atoms with Gasteiger partial charge in [0.05, 0.1) is 5.54 Å². The Labute approximate surface area is 115 Å². The molecule has 0 spiro atoms. The van der Waals surface area contributed by atoms with Crippen LogP contribution in [0.15, 0.2) is 0 Å². The van der Waals surface area contributed by atoms with Crippen LogP contribution in [0.2, 0.25) is 0 Å². The zero-order chi connectivity index (χ0) is 13.3. The number of hydrogen-bond acceptors (Lipinski definition) is 3. The standard InChI is InChI=1S/C15H26N4/c1-2-12-7-9-15(16,10-8-12)14-18-17-13-6-4-3-5-11-19(13)14/h12H,2-11,16H2,1H3. The van der Waals surface area contributed by atoms with Crippen LogP contribution in [0.4, 0.5) is 0 Å². The third-order valence-electron chi connectivity index (χ3n) is 5.13. The summed E-state index contributed by atoms with van der Waals surface area (Å²) in [6, 6.07) is 0. The van der Waals surface area contributed by atoms with Crippen LogP contribution < -0.4 is 5.73 Å². The van der Waals surface area contributed by atoms with Crippen molar-refractivity contribution in [1.29, 1.82) is 0 Å². The largest absolute Gasteiger partial charge is 0.319 e. The maximum absolute atomic E-state index is 6.69. The lowest BCUT2D eigenvalue weighted by atomic mass is 9.75. The summed E-state index contributed by atoms with van der Waals surface area (Å²) in [7, 11) is 0. The molecule has 0 bridgehead atoms. The molecule has 1 aliphatic carbocycles. The summed E-state index contributed by atoms with van der Waals surface area (Å²) < 4.78 is 2.33. The van der Waals surface area contributed by atoms with Crippen molar-refractivity contribution in [3.05, 3.63) is 11.6 Å². The van der Waals surface area contributed by atoms with E-state index < -0.39 is 0 Å². The van der Waals surface area contributed by atoms with E-state index in [4.69, 9.17) is 5.73 Å². The second-order valence-corrected chi connectivity index (χ2v) is 6.41. The SMILES string of the molecule is CCC1CCC(N)(c2nnc3n2CCCCC3)CC1. The van der Waals surface area contributed by atoms with Crippen molar-refractivity contribution < 1.29 is 0 Å². The highest BCUT2D eigenvalue weighted by Crippen LogP contribution is 2.38. The summed E-state index contributed by atoms with van der Waals surface area (Å²) in [6.07, 6.45) is 10.8. The number of fused-ring (bicyclic) bond motifs is 1. The van der Waals surface area contributed by atoms with Crippen LogP contribution in [0.5, 0.6) is 0 Å². The Morgan fingerprint density at radius 1 is 1.21 bits per heavy atom. The molecule has 2 N–H and O–H groups in total. The van der Waals surface area contributed by atoms with Crippen molar-refractivity contribution in [1.82, 2.24) is 14.8 Å². The van der Waals surface area contributed by atoms with Gasteiger partial charge in [-0.3, -0.25) is 0 Å². The lowest BCUT2D eigenvalue weighted by Crippen LogP contribution is -2.43. The Morgan fingerprint density at radius 2 is 2.00 bits per heavy atom. The molecule has 0 atom stereocenters. The first-order chi connectivity index (χ1) is 9.23. The van der Waals surface area contributed by atoms with E-state index in [1.807, 2.05) is 0 Å². The van der Waals surface area contributed by atoms with E-state index in [9.17, 15) is 0 Å². The minimum atomic E-state index is -0.221. The van der Waals surface area contributed by atoms with Gasteiger partial charge in [-0.15, -0.1) is 10.2 Å². The normalized spacial score (nSPS) is 31.8. The van der Waals surface area contributed by atoms with E-state index in [1.165, 1.54) is 38.5 Å². The lowest BCUT2D eigenvalue weighted by Gasteiger charge is -2.36. The summed E-state index contributed by atoms with van der Waals surface area (Å²) in [5.74, 6) is 3.09. The fourth-order valence-corrected chi connectivity index (χ4v) is 3.68. The molecule has 1 saturated carbocycles. The smallest absolute Gasteiger partial charge is 0.153 e. The summed E-state index contributed by atoms with van der Waals surface area (Å²) in [6.45, 7) is 3.35. The first-order valence-electron chi connectivity index (χ1n) is 7.94. The van der Waals surface area contributed by atoms with Gasteiger partial charge in [0.1, 0.15) is 5.82 Å². The number of aryl methyl sites for hydroxylation is 1. The number of aromatic nitrogens is 3. The molecular formula is C15H26N4. The number of nitrogens with two attached hydrogens (primary N) is 1. The Bertz CT molecular complexity index is 429. The van der Waals surface area contributed by atoms with Crippen LogP contribution in [0.25, 0.3) is 0 Å². The van der Waals surface area contributed by atoms with Crippen molar-refractivity contribution in [2.24, 2.45) is 11.7 Å². The molecule has 0 amide bonds. The monoisotopic (exact) mass is 262 g/mol. The van der Waals surface area contributed by atoms with Crippen LogP contribution in [-0.2, 0) is 18.5 Å². The Kier molecular flexibility index (Phi) is 3.61. The molecule has 2 aliphatic rings. The molecule has 4 nitrogen and oxygen atoms in total. The molecule has 1 fully saturated rings. The highest BCUT2D eigenvalue weighted by Gasteiger charge is 2.37. The topological polar surface area (TPSA) is 56.7 Å². The van der Waals surface area contributed by atoms with Crippen molar-refractivity contribution >= 4 is 0 Å². The molecule has 0 aromatic carbocycles. The molecule has 1 aromatic rings. The van der Waals surface area contributed by atoms with Crippen molar-refractivity contribution in [2.75, 3.05) is 0 Å². The van der Waals surface area contributed by atoms with E-state index in [1.54, 1.807) is 0 Å². The van der Waals surface area contributed by atoms with Crippen LogP contribution in [0, 0.1) is 5.92 Å². The first kappa shape index (κ1) is 13.1. The maximum Gasteiger partial charge on any atom is 0.153 e. The van der Waals surface area contributed by atoms with Crippen LogP contribution in [0.3, 0.4) is 0 Å². The highest BCUT2D eigenvalue weighted by molar-refractivity contribution is 5.11. The van der Waals surface area contributed by atoms with Crippen LogP contribution in [0.1, 0.15) is 69.9 Å². The van der Waals surface area contributed by atoms with Crippen molar-refractivity contribution in [3.8, 4) is 0 Å². The van der Waals surface area contributed by atoms with Crippen LogP contribution >= 0.6 is 0 Å². The summed E-state index contributed by atoms with van der Waals surface area (Å²) in [5, 5.41) is 8.88. The molecule has 0 radical (unpaired) electrons. The predicted octanol–water partition coefficient (Wildman–Crippen LogP) is 2.76. The third kappa shape index (κ3) is 2.42. The van der Waals surface area contributed by atoms with Gasteiger partial charge in [-0.25, -0.2) is 0 Å². The quantitative estimate of drug-likeness (QED) is 0.891. The van der Waals surface area contributed by atoms with E-state index in [0.29, 0.717) is 0 Å². The molecule has 1 aromatic heterocycles. The van der Waals surface area contributed by atoms with E-state index in [2.05, 4.69) is 21.7 Å². The Morgan fingerprint density at radius 3 is 2.74 bits per heavy atom. The van der Waals surface area contributed by atoms with E-state index in [-0.39, 0.29) is 5.54 Å². The number of nitrogens with zero attached hydrogens (tertiary/aromatic N) is 3. The van der Waals surface area contributed by atoms with Gasteiger partial charge in [-0.05, 0) is 44.4 Å². The number of rotatable bonds is 2. The Balaban J connectivity index is 1.84. The van der Waals surface area contributed by atoms with E-state index >= 15 is 0 Å². The van der Waals surface area contributed by atoms with Gasteiger partial charge >= 0.3 is 0 Å². The lowest BCUT2D eigenvalue weighted by molar-refractivity contribution is 0.216. The zero-order valence-corrected chi connectivity index (χ0v) is 12.1. The van der Waals surface area contributed by atoms with Crippen LogP contribution in [-0.4, -0.2) is 14.8 Å². The van der Waals surface area contributed by atoms with Gasteiger partial charge < -0.3 is 10.3 Å². The Hall–Kier alpha value is -0.900. The van der Waals surface area contributed by atoms with E-state index in [0.717, 1.165) is 43.4 Å². The average molecular weight is 262 g/mol. The molecule has 1 aliphatic heterocycles. The molecule has 2 heterocycles. The van der Waals surface area contributed by atoms with Crippen molar-refractivity contribution in [3.63, 3.8) is 0 Å². The second kappa shape index (κ2) is 5.23. The summed E-state index contributed by atoms with van der Waals surface area (Å²) in [4.78, 5) is 0. The summed E-state index contributed by atoms with van der Waals surface area (Å²) in [5.41, 5.74) is 6.47. The maximum atomic E-state index is 6.69. The van der Waals surface area contributed by atoms with Gasteiger partial charge in [0.2, 0.25) is 0 Å². The fourth-order valence-electron chi connectivity index (χ4n) is 3.68. The van der Waals surface area contributed by atoms with Gasteiger partial charge in [0, 0.05) is 13.0 Å². The molecule has 3 rings (SSSR count). The van der Waals surface area contributed by atoms with Gasteiger partial charge in [0.25, 0.3) is 0 Å². The molecular weight excluding hydrogens is 236 g/mol.